The van der Waals surface area contributed by atoms with E-state index in [0.717, 1.165) is 5.69 Å². The number of hydrogen-bond donors (Lipinski definition) is 1. The molecule has 3 aromatic rings. The number of nitriles is 1. The molecular weight excluding hydrogens is 326 g/mol. The Kier molecular flexibility index (Phi) is 4.02. The van der Waals surface area contributed by atoms with Gasteiger partial charge in [0.15, 0.2) is 0 Å². The van der Waals surface area contributed by atoms with Gasteiger partial charge in [0.2, 0.25) is 0 Å². The van der Waals surface area contributed by atoms with Gasteiger partial charge in [-0.05, 0) is 36.8 Å². The first-order chi connectivity index (χ1) is 11.5. The highest BCUT2D eigenvalue weighted by atomic mass is 32.2. The van der Waals surface area contributed by atoms with Crippen molar-refractivity contribution in [2.45, 2.75) is 11.8 Å². The summed E-state index contributed by atoms with van der Waals surface area (Å²) >= 11 is 0. The van der Waals surface area contributed by atoms with Gasteiger partial charge in [-0.15, -0.1) is 5.10 Å². The first kappa shape index (κ1) is 15.7. The molecule has 0 aliphatic rings. The minimum absolute atomic E-state index is 0.0256. The fourth-order valence-electron chi connectivity index (χ4n) is 2.15. The van der Waals surface area contributed by atoms with E-state index in [1.807, 2.05) is 36.4 Å². The Hall–Kier alpha value is -3.18. The highest BCUT2D eigenvalue weighted by Crippen LogP contribution is 2.19. The lowest BCUT2D eigenvalue weighted by atomic mass is 10.2. The number of aryl methyl sites for hydroxylation is 1. The molecule has 120 valence electrons. The Bertz CT molecular complexity index is 1020. The van der Waals surface area contributed by atoms with Crippen molar-refractivity contribution < 1.29 is 8.42 Å². The zero-order chi connectivity index (χ0) is 17.2. The number of benzene rings is 2. The van der Waals surface area contributed by atoms with Gasteiger partial charge in [-0.1, -0.05) is 24.3 Å². The second-order valence-corrected chi connectivity index (χ2v) is 6.70. The smallest absolute Gasteiger partial charge is 0.246 e. The molecule has 0 aliphatic carbocycles. The van der Waals surface area contributed by atoms with Gasteiger partial charge >= 0.3 is 0 Å². The second kappa shape index (κ2) is 6.14. The minimum Gasteiger partial charge on any atom is -0.246 e. The molecule has 0 bridgehead atoms. The molecule has 7 nitrogen and oxygen atoms in total. The Morgan fingerprint density at radius 1 is 1.17 bits per heavy atom. The quantitative estimate of drug-likeness (QED) is 0.785. The van der Waals surface area contributed by atoms with Crippen LogP contribution in [-0.2, 0) is 10.0 Å². The Morgan fingerprint density at radius 2 is 1.92 bits per heavy atom. The van der Waals surface area contributed by atoms with Crippen molar-refractivity contribution in [1.82, 2.24) is 14.8 Å². The maximum absolute atomic E-state index is 12.5. The van der Waals surface area contributed by atoms with Gasteiger partial charge in [0.1, 0.15) is 6.33 Å². The molecule has 8 heteroatoms. The van der Waals surface area contributed by atoms with Crippen molar-refractivity contribution in [3.8, 4) is 11.8 Å². The monoisotopic (exact) mass is 339 g/mol. The van der Waals surface area contributed by atoms with Crippen LogP contribution in [0.25, 0.3) is 5.69 Å². The van der Waals surface area contributed by atoms with Gasteiger partial charge in [0.05, 0.1) is 22.2 Å². The van der Waals surface area contributed by atoms with Crippen LogP contribution >= 0.6 is 0 Å². The standard InChI is InChI=1S/C16H13N5O2S/c1-12-7-8-13(10-17)9-15(12)24(22,23)20-16-18-11-21(19-16)14-5-3-2-4-6-14/h2-9,11H,1H3,(H,19,20). The third-order valence-electron chi connectivity index (χ3n) is 3.34. The van der Waals surface area contributed by atoms with Gasteiger partial charge < -0.3 is 0 Å². The maximum Gasteiger partial charge on any atom is 0.264 e. The van der Waals surface area contributed by atoms with Crippen LogP contribution in [0, 0.1) is 18.3 Å². The van der Waals surface area contributed by atoms with E-state index in [0.29, 0.717) is 5.56 Å². The Morgan fingerprint density at radius 3 is 2.62 bits per heavy atom. The van der Waals surface area contributed by atoms with Crippen LogP contribution in [-0.4, -0.2) is 23.2 Å². The maximum atomic E-state index is 12.5. The minimum atomic E-state index is -3.88. The van der Waals surface area contributed by atoms with Crippen LogP contribution in [0.3, 0.4) is 0 Å². The molecule has 0 radical (unpaired) electrons. The molecule has 0 saturated heterocycles. The van der Waals surface area contributed by atoms with Gasteiger partial charge in [0, 0.05) is 0 Å². The summed E-state index contributed by atoms with van der Waals surface area (Å²) in [4.78, 5) is 4.00. The fourth-order valence-corrected chi connectivity index (χ4v) is 3.37. The lowest BCUT2D eigenvalue weighted by Gasteiger charge is -2.08. The van der Waals surface area contributed by atoms with Crippen molar-refractivity contribution in [3.63, 3.8) is 0 Å². The van der Waals surface area contributed by atoms with E-state index >= 15 is 0 Å². The van der Waals surface area contributed by atoms with Crippen molar-refractivity contribution in [1.29, 1.82) is 5.26 Å². The highest BCUT2D eigenvalue weighted by molar-refractivity contribution is 7.92. The van der Waals surface area contributed by atoms with Crippen LogP contribution in [0.15, 0.2) is 59.8 Å². The first-order valence-corrected chi connectivity index (χ1v) is 8.48. The molecule has 1 N–H and O–H groups in total. The Balaban J connectivity index is 1.91. The predicted octanol–water partition coefficient (Wildman–Crippen LogP) is 2.25. The molecule has 1 aromatic heterocycles. The molecule has 0 aliphatic heterocycles. The summed E-state index contributed by atoms with van der Waals surface area (Å²) in [5, 5.41) is 13.1. The van der Waals surface area contributed by atoms with Crippen LogP contribution < -0.4 is 4.72 Å². The third-order valence-corrected chi connectivity index (χ3v) is 4.82. The second-order valence-electron chi connectivity index (χ2n) is 5.05. The summed E-state index contributed by atoms with van der Waals surface area (Å²) in [5.41, 5.74) is 1.56. The number of anilines is 1. The largest absolute Gasteiger partial charge is 0.264 e. The zero-order valence-corrected chi connectivity index (χ0v) is 13.5. The number of aromatic nitrogens is 3. The summed E-state index contributed by atoms with van der Waals surface area (Å²) in [6.07, 6.45) is 1.42. The summed E-state index contributed by atoms with van der Waals surface area (Å²) < 4.78 is 28.9. The van der Waals surface area contributed by atoms with Gasteiger partial charge in [-0.3, -0.25) is 0 Å². The summed E-state index contributed by atoms with van der Waals surface area (Å²) in [6, 6.07) is 15.6. The molecule has 0 atom stereocenters. The highest BCUT2D eigenvalue weighted by Gasteiger charge is 2.19. The molecule has 1 heterocycles. The van der Waals surface area contributed by atoms with E-state index in [1.165, 1.54) is 17.1 Å². The van der Waals surface area contributed by atoms with Gasteiger partial charge in [0.25, 0.3) is 16.0 Å². The van der Waals surface area contributed by atoms with Crippen molar-refractivity contribution in [2.24, 2.45) is 0 Å². The van der Waals surface area contributed by atoms with E-state index in [4.69, 9.17) is 5.26 Å². The molecule has 0 amide bonds. The lowest BCUT2D eigenvalue weighted by molar-refractivity contribution is 0.600. The molecule has 0 unspecified atom stereocenters. The normalized spacial score (nSPS) is 11.0. The molecule has 24 heavy (non-hydrogen) atoms. The number of sulfonamides is 1. The van der Waals surface area contributed by atoms with Gasteiger partial charge in [-0.2, -0.15) is 10.2 Å². The van der Waals surface area contributed by atoms with Crippen molar-refractivity contribution in [2.75, 3.05) is 4.72 Å². The molecular formula is C16H13N5O2S. The zero-order valence-electron chi connectivity index (χ0n) is 12.7. The number of nitrogens with zero attached hydrogens (tertiary/aromatic N) is 4. The molecule has 0 saturated carbocycles. The van der Waals surface area contributed by atoms with E-state index < -0.39 is 10.0 Å². The summed E-state index contributed by atoms with van der Waals surface area (Å²) in [5.74, 6) is -0.0411. The number of hydrogen-bond acceptors (Lipinski definition) is 5. The van der Waals surface area contributed by atoms with Crippen LogP contribution in [0.5, 0.6) is 0 Å². The third kappa shape index (κ3) is 3.11. The van der Waals surface area contributed by atoms with E-state index in [-0.39, 0.29) is 16.4 Å². The van der Waals surface area contributed by atoms with E-state index in [9.17, 15) is 8.42 Å². The summed E-state index contributed by atoms with van der Waals surface area (Å²) in [7, 11) is -3.88. The van der Waals surface area contributed by atoms with Gasteiger partial charge in [-0.25, -0.2) is 17.8 Å². The average Bonchev–Trinajstić information content (AvgIpc) is 3.03. The number of nitrogens with one attached hydrogen (secondary N) is 1. The summed E-state index contributed by atoms with van der Waals surface area (Å²) in [6.45, 7) is 1.66. The molecule has 3 rings (SSSR count). The SMILES string of the molecule is Cc1ccc(C#N)cc1S(=O)(=O)Nc1ncn(-c2ccccc2)n1. The van der Waals surface area contributed by atoms with E-state index in [1.54, 1.807) is 19.1 Å². The van der Waals surface area contributed by atoms with Crippen LogP contribution in [0.4, 0.5) is 5.95 Å². The van der Waals surface area contributed by atoms with Crippen molar-refractivity contribution in [3.05, 3.63) is 66.0 Å². The van der Waals surface area contributed by atoms with Crippen LogP contribution in [0.1, 0.15) is 11.1 Å². The molecule has 2 aromatic carbocycles. The predicted molar refractivity (Wildman–Crippen MR) is 88.1 cm³/mol. The number of para-hydroxylation sites is 1. The van der Waals surface area contributed by atoms with Crippen LogP contribution in [0.2, 0.25) is 0 Å². The Labute approximate surface area is 139 Å². The first-order valence-electron chi connectivity index (χ1n) is 7.00. The average molecular weight is 339 g/mol. The lowest BCUT2D eigenvalue weighted by Crippen LogP contribution is -2.15. The van der Waals surface area contributed by atoms with E-state index in [2.05, 4.69) is 14.8 Å². The number of rotatable bonds is 4. The topological polar surface area (TPSA) is 101 Å². The molecule has 0 spiro atoms. The fraction of sp³-hybridized carbons (Fsp3) is 0.0625. The molecule has 0 fully saturated rings. The van der Waals surface area contributed by atoms with Crippen molar-refractivity contribution >= 4 is 16.0 Å².